The highest BCUT2D eigenvalue weighted by Gasteiger charge is 2.49. The molecule has 1 amide bonds. The molecule has 2 aromatic carbocycles. The van der Waals surface area contributed by atoms with Gasteiger partial charge in [0.25, 0.3) is 5.91 Å². The van der Waals surface area contributed by atoms with E-state index in [-0.39, 0.29) is 17.2 Å². The fourth-order valence-electron chi connectivity index (χ4n) is 6.07. The molecular formula is C29H33N3O3. The van der Waals surface area contributed by atoms with Crippen molar-refractivity contribution in [3.63, 3.8) is 0 Å². The van der Waals surface area contributed by atoms with Crippen molar-refractivity contribution in [1.29, 1.82) is 0 Å². The first-order chi connectivity index (χ1) is 17.0. The lowest BCUT2D eigenvalue weighted by molar-refractivity contribution is -0.114. The van der Waals surface area contributed by atoms with Gasteiger partial charge in [-0.2, -0.15) is 0 Å². The zero-order valence-electron chi connectivity index (χ0n) is 20.4. The second-order valence-electron chi connectivity index (χ2n) is 10.4. The number of carbonyl (C=O) groups excluding carboxylic acids is 2. The van der Waals surface area contributed by atoms with Crippen LogP contribution in [-0.4, -0.2) is 56.0 Å². The molecule has 0 bridgehead atoms. The van der Waals surface area contributed by atoms with Crippen LogP contribution in [0, 0.1) is 0 Å². The number of allylic oxidation sites excluding steroid dienone is 2. The zero-order chi connectivity index (χ0) is 24.0. The molecular weight excluding hydrogens is 438 g/mol. The Morgan fingerprint density at radius 1 is 1.00 bits per heavy atom. The molecule has 0 aromatic heterocycles. The van der Waals surface area contributed by atoms with Gasteiger partial charge in [0, 0.05) is 49.5 Å². The molecule has 4 aliphatic rings. The number of morpholine rings is 1. The maximum Gasteiger partial charge on any atom is 0.257 e. The van der Waals surface area contributed by atoms with E-state index in [2.05, 4.69) is 33.3 Å². The molecule has 0 spiro atoms. The highest BCUT2D eigenvalue weighted by atomic mass is 16.5. The number of hydrogen-bond acceptors (Lipinski definition) is 5. The molecule has 6 heteroatoms. The average molecular weight is 472 g/mol. The van der Waals surface area contributed by atoms with Crippen molar-refractivity contribution in [3.05, 3.63) is 64.7 Å². The molecule has 35 heavy (non-hydrogen) atoms. The summed E-state index contributed by atoms with van der Waals surface area (Å²) in [4.78, 5) is 30.5. The van der Waals surface area contributed by atoms with Gasteiger partial charge in [-0.25, -0.2) is 0 Å². The first-order valence-electron chi connectivity index (χ1n) is 12.9. The predicted octanol–water partition coefficient (Wildman–Crippen LogP) is 4.39. The van der Waals surface area contributed by atoms with E-state index in [1.54, 1.807) is 6.08 Å². The minimum atomic E-state index is -0.0694. The number of fused-ring (bicyclic) bond motifs is 1. The number of nitrogens with zero attached hydrogens (tertiary/aromatic N) is 2. The van der Waals surface area contributed by atoms with Crippen molar-refractivity contribution in [2.24, 2.45) is 0 Å². The van der Waals surface area contributed by atoms with Crippen molar-refractivity contribution in [2.75, 3.05) is 49.6 Å². The molecule has 6 nitrogen and oxygen atoms in total. The van der Waals surface area contributed by atoms with Gasteiger partial charge >= 0.3 is 0 Å². The number of amides is 1. The van der Waals surface area contributed by atoms with Crippen LogP contribution in [0.4, 0.5) is 11.4 Å². The van der Waals surface area contributed by atoms with Crippen LogP contribution in [0.1, 0.15) is 59.7 Å². The van der Waals surface area contributed by atoms with Gasteiger partial charge in [0.15, 0.2) is 5.78 Å². The molecule has 2 saturated heterocycles. The van der Waals surface area contributed by atoms with E-state index >= 15 is 0 Å². The topological polar surface area (TPSA) is 61.9 Å². The monoisotopic (exact) mass is 471 g/mol. The molecule has 0 atom stereocenters. The van der Waals surface area contributed by atoms with Crippen molar-refractivity contribution in [2.45, 2.75) is 44.6 Å². The van der Waals surface area contributed by atoms with Crippen LogP contribution in [0.25, 0.3) is 5.57 Å². The number of carbonyl (C=O) groups is 2. The highest BCUT2D eigenvalue weighted by Crippen LogP contribution is 2.52. The Morgan fingerprint density at radius 3 is 2.51 bits per heavy atom. The molecule has 1 saturated carbocycles. The third-order valence-electron chi connectivity index (χ3n) is 8.10. The second-order valence-corrected chi connectivity index (χ2v) is 10.4. The lowest BCUT2D eigenvalue weighted by atomic mass is 9.90. The normalized spacial score (nSPS) is 21.5. The quantitative estimate of drug-likeness (QED) is 0.701. The van der Waals surface area contributed by atoms with Gasteiger partial charge in [-0.1, -0.05) is 12.1 Å². The Balaban J connectivity index is 1.32. The third-order valence-corrected chi connectivity index (χ3v) is 8.10. The summed E-state index contributed by atoms with van der Waals surface area (Å²) in [5.41, 5.74) is 6.86. The minimum Gasteiger partial charge on any atom is -0.379 e. The van der Waals surface area contributed by atoms with E-state index in [0.29, 0.717) is 6.42 Å². The summed E-state index contributed by atoms with van der Waals surface area (Å²) in [5, 5.41) is 3.17. The number of hydrogen-bond donors (Lipinski definition) is 1. The van der Waals surface area contributed by atoms with E-state index in [1.807, 2.05) is 25.1 Å². The van der Waals surface area contributed by atoms with E-state index < -0.39 is 0 Å². The number of rotatable bonds is 5. The number of nitrogens with one attached hydrogen (secondary N) is 1. The number of ketones is 1. The first-order valence-corrected chi connectivity index (χ1v) is 12.9. The van der Waals surface area contributed by atoms with E-state index in [1.165, 1.54) is 5.56 Å². The van der Waals surface area contributed by atoms with Crippen molar-refractivity contribution < 1.29 is 14.3 Å². The Kier molecular flexibility index (Phi) is 5.73. The molecule has 1 N–H and O–H groups in total. The first kappa shape index (κ1) is 22.5. The maximum atomic E-state index is 13.7. The van der Waals surface area contributed by atoms with Gasteiger partial charge in [-0.05, 0) is 85.2 Å². The van der Waals surface area contributed by atoms with Gasteiger partial charge < -0.3 is 15.0 Å². The Hall–Kier alpha value is -2.96. The van der Waals surface area contributed by atoms with Crippen LogP contribution >= 0.6 is 0 Å². The smallest absolute Gasteiger partial charge is 0.257 e. The van der Waals surface area contributed by atoms with Gasteiger partial charge in [0.1, 0.15) is 0 Å². The largest absolute Gasteiger partial charge is 0.379 e. The summed E-state index contributed by atoms with van der Waals surface area (Å²) in [6.45, 7) is 7.38. The molecule has 2 aromatic rings. The van der Waals surface area contributed by atoms with Crippen LogP contribution in [0.15, 0.2) is 42.5 Å². The molecule has 6 rings (SSSR count). The average Bonchev–Trinajstić information content (AvgIpc) is 3.51. The van der Waals surface area contributed by atoms with Crippen LogP contribution < -0.4 is 10.2 Å². The van der Waals surface area contributed by atoms with E-state index in [0.717, 1.165) is 98.7 Å². The third kappa shape index (κ3) is 4.19. The predicted molar refractivity (Wildman–Crippen MR) is 138 cm³/mol. The summed E-state index contributed by atoms with van der Waals surface area (Å²) in [6, 6.07) is 12.4. The van der Waals surface area contributed by atoms with Crippen LogP contribution in [0.2, 0.25) is 0 Å². The highest BCUT2D eigenvalue weighted by molar-refractivity contribution is 6.09. The van der Waals surface area contributed by atoms with E-state index in [4.69, 9.17) is 4.74 Å². The fraction of sp³-hybridized carbons (Fsp3) is 0.448. The van der Waals surface area contributed by atoms with Crippen LogP contribution in [0.3, 0.4) is 0 Å². The second kappa shape index (κ2) is 8.92. The van der Waals surface area contributed by atoms with Gasteiger partial charge in [-0.3, -0.25) is 14.5 Å². The standard InChI is InChI=1S/C29H33N3O3/c1-20-16-24(33)17-21-4-6-23(19-25(20)21)30-28(34)26-18-22(5-7-27(26)31-10-2-3-11-31)29(8-9-29)32-12-14-35-15-13-32/h4-7,16,18-19H,2-3,8-15,17H2,1H3,(H,30,34). The van der Waals surface area contributed by atoms with Crippen LogP contribution in [-0.2, 0) is 21.5 Å². The summed E-state index contributed by atoms with van der Waals surface area (Å²) in [7, 11) is 0. The van der Waals surface area contributed by atoms with Gasteiger partial charge in [-0.15, -0.1) is 0 Å². The SMILES string of the molecule is CC1=CC(=O)Cc2ccc(NC(=O)c3cc(C4(N5CCOCC5)CC4)ccc3N3CCCC3)cc21. The Bertz CT molecular complexity index is 1200. The van der Waals surface area contributed by atoms with E-state index in [9.17, 15) is 9.59 Å². The zero-order valence-corrected chi connectivity index (χ0v) is 20.4. The lowest BCUT2D eigenvalue weighted by Crippen LogP contribution is -2.43. The molecule has 2 aliphatic heterocycles. The molecule has 2 aliphatic carbocycles. The molecule has 0 radical (unpaired) electrons. The van der Waals surface area contributed by atoms with Crippen molar-refractivity contribution >= 4 is 28.6 Å². The minimum absolute atomic E-state index is 0.0443. The molecule has 3 fully saturated rings. The van der Waals surface area contributed by atoms with Crippen LogP contribution in [0.5, 0.6) is 0 Å². The summed E-state index contributed by atoms with van der Waals surface area (Å²) >= 11 is 0. The number of ether oxygens (including phenoxy) is 1. The molecule has 2 heterocycles. The summed E-state index contributed by atoms with van der Waals surface area (Å²) in [5.74, 6) is 0.0631. The Morgan fingerprint density at radius 2 is 1.77 bits per heavy atom. The van der Waals surface area contributed by atoms with Gasteiger partial charge in [0.2, 0.25) is 0 Å². The molecule has 0 unspecified atom stereocenters. The van der Waals surface area contributed by atoms with Crippen molar-refractivity contribution in [1.82, 2.24) is 4.90 Å². The Labute approximate surface area is 206 Å². The lowest BCUT2D eigenvalue weighted by Gasteiger charge is -2.35. The number of anilines is 2. The number of benzene rings is 2. The van der Waals surface area contributed by atoms with Gasteiger partial charge in [0.05, 0.1) is 18.8 Å². The van der Waals surface area contributed by atoms with Crippen molar-refractivity contribution in [3.8, 4) is 0 Å². The summed E-state index contributed by atoms with van der Waals surface area (Å²) < 4.78 is 5.59. The summed E-state index contributed by atoms with van der Waals surface area (Å²) in [6.07, 6.45) is 6.71. The fourth-order valence-corrected chi connectivity index (χ4v) is 6.07. The maximum absolute atomic E-state index is 13.7. The molecule has 182 valence electrons.